The Bertz CT molecular complexity index is 771. The van der Waals surface area contributed by atoms with E-state index in [0.717, 1.165) is 25.9 Å². The summed E-state index contributed by atoms with van der Waals surface area (Å²) >= 11 is 0. The van der Waals surface area contributed by atoms with E-state index < -0.39 is 5.97 Å². The predicted molar refractivity (Wildman–Crippen MR) is 77.8 cm³/mol. The van der Waals surface area contributed by atoms with E-state index in [1.807, 2.05) is 9.80 Å². The van der Waals surface area contributed by atoms with Gasteiger partial charge in [0.1, 0.15) is 23.5 Å². The topological polar surface area (TPSA) is 102 Å². The molecule has 8 nitrogen and oxygen atoms in total. The van der Waals surface area contributed by atoms with Gasteiger partial charge in [0.05, 0.1) is 11.9 Å². The number of carboxylic acids is 1. The molecule has 1 unspecified atom stereocenters. The highest BCUT2D eigenvalue weighted by molar-refractivity contribution is 5.97. The molecule has 2 N–H and O–H groups in total. The zero-order valence-electron chi connectivity index (χ0n) is 11.8. The Labute approximate surface area is 125 Å². The smallest absolute Gasteiger partial charge is 0.352 e. The first-order valence-corrected chi connectivity index (χ1v) is 7.25. The summed E-state index contributed by atoms with van der Waals surface area (Å²) in [6.45, 7) is 1.84. The molecule has 0 spiro atoms. The Morgan fingerprint density at radius 3 is 3.09 bits per heavy atom. The van der Waals surface area contributed by atoms with Crippen molar-refractivity contribution >= 4 is 28.7 Å². The van der Waals surface area contributed by atoms with Crippen molar-refractivity contribution < 1.29 is 14.7 Å². The largest absolute Gasteiger partial charge is 0.477 e. The van der Waals surface area contributed by atoms with E-state index in [2.05, 4.69) is 15.0 Å². The van der Waals surface area contributed by atoms with Gasteiger partial charge >= 0.3 is 5.97 Å². The van der Waals surface area contributed by atoms with Crippen molar-refractivity contribution in [3.63, 3.8) is 0 Å². The summed E-state index contributed by atoms with van der Waals surface area (Å²) in [7, 11) is 0. The maximum atomic E-state index is 12.2. The molecular formula is C14H15N5O3. The molecule has 0 bridgehead atoms. The van der Waals surface area contributed by atoms with Crippen molar-refractivity contribution in [3.05, 3.63) is 18.1 Å². The van der Waals surface area contributed by atoms with Crippen LogP contribution in [-0.4, -0.2) is 62.5 Å². The number of nitrogens with zero attached hydrogens (tertiary/aromatic N) is 4. The number of hydrogen-bond acceptors (Lipinski definition) is 5. The molecule has 8 heteroatoms. The SMILES string of the molecule is O=C(O)c1cc2c(N3CC(=O)N4CCCC4C3)ncnc2[nH]1. The molecule has 1 amide bonds. The van der Waals surface area contributed by atoms with Crippen LogP contribution in [0.25, 0.3) is 11.0 Å². The normalized spacial score (nSPS) is 21.5. The number of hydrogen-bond donors (Lipinski definition) is 2. The number of carbonyl (C=O) groups is 2. The molecule has 2 fully saturated rings. The molecule has 0 aliphatic carbocycles. The van der Waals surface area contributed by atoms with Crippen molar-refractivity contribution in [3.8, 4) is 0 Å². The van der Waals surface area contributed by atoms with E-state index in [0.29, 0.717) is 16.9 Å². The van der Waals surface area contributed by atoms with Crippen LogP contribution in [0.15, 0.2) is 12.4 Å². The van der Waals surface area contributed by atoms with Crippen molar-refractivity contribution in [1.82, 2.24) is 19.9 Å². The molecule has 2 aromatic rings. The highest BCUT2D eigenvalue weighted by Gasteiger charge is 2.36. The zero-order valence-corrected chi connectivity index (χ0v) is 11.8. The lowest BCUT2D eigenvalue weighted by molar-refractivity contribution is -0.131. The first kappa shape index (κ1) is 13.1. The number of aromatic nitrogens is 3. The van der Waals surface area contributed by atoms with Crippen molar-refractivity contribution in [2.75, 3.05) is 24.5 Å². The van der Waals surface area contributed by atoms with Gasteiger partial charge in [0.2, 0.25) is 5.91 Å². The Morgan fingerprint density at radius 2 is 2.27 bits per heavy atom. The van der Waals surface area contributed by atoms with Gasteiger partial charge in [-0.3, -0.25) is 4.79 Å². The number of amides is 1. The number of aromatic carboxylic acids is 1. The minimum atomic E-state index is -1.04. The quantitative estimate of drug-likeness (QED) is 0.836. The first-order chi connectivity index (χ1) is 10.6. The molecule has 22 heavy (non-hydrogen) atoms. The van der Waals surface area contributed by atoms with E-state index in [-0.39, 0.29) is 24.2 Å². The van der Waals surface area contributed by atoms with Gasteiger partial charge in [-0.15, -0.1) is 0 Å². The fourth-order valence-electron chi connectivity index (χ4n) is 3.38. The molecular weight excluding hydrogens is 286 g/mol. The molecule has 0 saturated carbocycles. The summed E-state index contributed by atoms with van der Waals surface area (Å²) < 4.78 is 0. The van der Waals surface area contributed by atoms with Crippen molar-refractivity contribution in [1.29, 1.82) is 0 Å². The molecule has 4 heterocycles. The average molecular weight is 301 g/mol. The van der Waals surface area contributed by atoms with Crippen LogP contribution >= 0.6 is 0 Å². The molecule has 0 radical (unpaired) electrons. The standard InChI is InChI=1S/C14H15N5O3/c20-11-6-18(5-8-2-1-3-19(8)11)13-9-4-10(14(21)22)17-12(9)15-7-16-13/h4,7-8H,1-3,5-6H2,(H,21,22)(H,15,16,17). The van der Waals surface area contributed by atoms with Crippen LogP contribution in [0.5, 0.6) is 0 Å². The molecule has 114 valence electrons. The fourth-order valence-corrected chi connectivity index (χ4v) is 3.38. The number of H-pyrrole nitrogens is 1. The third kappa shape index (κ3) is 1.91. The summed E-state index contributed by atoms with van der Waals surface area (Å²) in [5.74, 6) is -0.316. The maximum Gasteiger partial charge on any atom is 0.352 e. The second kappa shape index (κ2) is 4.69. The molecule has 1 atom stereocenters. The Hall–Kier alpha value is -2.64. The van der Waals surface area contributed by atoms with Crippen LogP contribution in [0.2, 0.25) is 0 Å². The highest BCUT2D eigenvalue weighted by Crippen LogP contribution is 2.29. The third-order valence-corrected chi connectivity index (χ3v) is 4.39. The second-order valence-electron chi connectivity index (χ2n) is 5.71. The fraction of sp³-hybridized carbons (Fsp3) is 0.429. The maximum absolute atomic E-state index is 12.2. The number of aromatic amines is 1. The lowest BCUT2D eigenvalue weighted by Gasteiger charge is -2.37. The Kier molecular flexibility index (Phi) is 2.78. The van der Waals surface area contributed by atoms with Gasteiger partial charge < -0.3 is 19.9 Å². The molecule has 2 saturated heterocycles. The summed E-state index contributed by atoms with van der Waals surface area (Å²) in [6, 6.07) is 1.75. The Balaban J connectivity index is 1.74. The number of anilines is 1. The number of rotatable bonds is 2. The lowest BCUT2D eigenvalue weighted by atomic mass is 10.1. The number of piperazine rings is 1. The van der Waals surface area contributed by atoms with Gasteiger partial charge in [-0.1, -0.05) is 0 Å². The zero-order chi connectivity index (χ0) is 15.3. The third-order valence-electron chi connectivity index (χ3n) is 4.39. The summed E-state index contributed by atoms with van der Waals surface area (Å²) in [4.78, 5) is 38.3. The van der Waals surface area contributed by atoms with Gasteiger partial charge in [-0.05, 0) is 18.9 Å². The summed E-state index contributed by atoms with van der Waals surface area (Å²) in [5.41, 5.74) is 0.547. The monoisotopic (exact) mass is 301 g/mol. The first-order valence-electron chi connectivity index (χ1n) is 7.25. The number of fused-ring (bicyclic) bond motifs is 2. The molecule has 0 aromatic carbocycles. The number of carbonyl (C=O) groups excluding carboxylic acids is 1. The molecule has 2 aliphatic heterocycles. The van der Waals surface area contributed by atoms with Crippen LogP contribution in [-0.2, 0) is 4.79 Å². The number of nitrogens with one attached hydrogen (secondary N) is 1. The average Bonchev–Trinajstić information content (AvgIpc) is 3.13. The molecule has 2 aromatic heterocycles. The van der Waals surface area contributed by atoms with Crippen LogP contribution in [0.3, 0.4) is 0 Å². The minimum Gasteiger partial charge on any atom is -0.477 e. The van der Waals surface area contributed by atoms with E-state index in [4.69, 9.17) is 5.11 Å². The van der Waals surface area contributed by atoms with Gasteiger partial charge in [-0.25, -0.2) is 14.8 Å². The summed E-state index contributed by atoms with van der Waals surface area (Å²) in [6.07, 6.45) is 3.44. The van der Waals surface area contributed by atoms with E-state index in [1.54, 1.807) is 0 Å². The Morgan fingerprint density at radius 1 is 1.41 bits per heavy atom. The lowest BCUT2D eigenvalue weighted by Crippen LogP contribution is -2.54. The highest BCUT2D eigenvalue weighted by atomic mass is 16.4. The van der Waals surface area contributed by atoms with E-state index >= 15 is 0 Å². The van der Waals surface area contributed by atoms with Crippen LogP contribution in [0.4, 0.5) is 5.82 Å². The van der Waals surface area contributed by atoms with Crippen LogP contribution in [0, 0.1) is 0 Å². The van der Waals surface area contributed by atoms with E-state index in [9.17, 15) is 9.59 Å². The summed E-state index contributed by atoms with van der Waals surface area (Å²) in [5, 5.41) is 9.74. The van der Waals surface area contributed by atoms with Gasteiger partial charge in [0.25, 0.3) is 0 Å². The van der Waals surface area contributed by atoms with Gasteiger partial charge in [0, 0.05) is 19.1 Å². The molecule has 4 rings (SSSR count). The van der Waals surface area contributed by atoms with Crippen molar-refractivity contribution in [2.45, 2.75) is 18.9 Å². The molecule has 2 aliphatic rings. The predicted octanol–water partition coefficient (Wildman–Crippen LogP) is 0.467. The van der Waals surface area contributed by atoms with Crippen LogP contribution < -0.4 is 4.90 Å². The van der Waals surface area contributed by atoms with Gasteiger partial charge in [-0.2, -0.15) is 0 Å². The van der Waals surface area contributed by atoms with Gasteiger partial charge in [0.15, 0.2) is 0 Å². The second-order valence-corrected chi connectivity index (χ2v) is 5.71. The number of carboxylic acid groups (broad SMARTS) is 1. The minimum absolute atomic E-state index is 0.0718. The van der Waals surface area contributed by atoms with Crippen molar-refractivity contribution in [2.24, 2.45) is 0 Å². The van der Waals surface area contributed by atoms with E-state index in [1.165, 1.54) is 12.4 Å². The van der Waals surface area contributed by atoms with Crippen LogP contribution in [0.1, 0.15) is 23.3 Å².